The molecule has 0 spiro atoms. The second-order valence-electron chi connectivity index (χ2n) is 6.16. The lowest BCUT2D eigenvalue weighted by molar-refractivity contribution is -0.137. The average Bonchev–Trinajstić information content (AvgIpc) is 2.63. The Balaban J connectivity index is 1.92. The van der Waals surface area contributed by atoms with Crippen LogP contribution < -0.4 is 10.6 Å². The zero-order valence-electron chi connectivity index (χ0n) is 15.0. The van der Waals surface area contributed by atoms with Crippen molar-refractivity contribution >= 4 is 34.7 Å². The third kappa shape index (κ3) is 5.13. The normalized spacial score (nSPS) is 11.3. The van der Waals surface area contributed by atoms with E-state index >= 15 is 0 Å². The number of aryl methyl sites for hydroxylation is 1. The van der Waals surface area contributed by atoms with E-state index in [1.165, 1.54) is 0 Å². The van der Waals surface area contributed by atoms with E-state index in [4.69, 9.17) is 11.6 Å². The molecule has 0 aliphatic heterocycles. The van der Waals surface area contributed by atoms with Gasteiger partial charge in [-0.15, -0.1) is 0 Å². The molecule has 1 aromatic heterocycles. The summed E-state index contributed by atoms with van der Waals surface area (Å²) >= 11 is 5.84. The first kappa shape index (κ1) is 19.9. The van der Waals surface area contributed by atoms with Crippen LogP contribution in [0.15, 0.2) is 54.7 Å². The molecule has 0 atom stereocenters. The van der Waals surface area contributed by atoms with Crippen molar-refractivity contribution < 1.29 is 13.2 Å². The molecule has 0 radical (unpaired) electrons. The monoisotopic (exact) mass is 406 g/mol. The molecular formula is C20H18ClF3N4. The van der Waals surface area contributed by atoms with Crippen LogP contribution in [0, 0.1) is 0 Å². The molecule has 0 amide bonds. The fraction of sp³-hybridized carbons (Fsp3) is 0.200. The number of aromatic nitrogens is 2. The summed E-state index contributed by atoms with van der Waals surface area (Å²) in [6.45, 7) is 2.04. The van der Waals surface area contributed by atoms with E-state index in [-0.39, 0.29) is 11.8 Å². The van der Waals surface area contributed by atoms with Crippen LogP contribution in [-0.2, 0) is 12.6 Å². The summed E-state index contributed by atoms with van der Waals surface area (Å²) in [5, 5.41) is 6.21. The molecule has 2 N–H and O–H groups in total. The molecule has 3 rings (SSSR count). The van der Waals surface area contributed by atoms with Crippen LogP contribution in [0.2, 0.25) is 5.02 Å². The molecule has 4 nitrogen and oxygen atoms in total. The van der Waals surface area contributed by atoms with Gasteiger partial charge in [-0.05, 0) is 48.4 Å². The highest BCUT2D eigenvalue weighted by Gasteiger charge is 2.35. The quantitative estimate of drug-likeness (QED) is 0.485. The topological polar surface area (TPSA) is 49.8 Å². The van der Waals surface area contributed by atoms with Crippen molar-refractivity contribution in [3.8, 4) is 0 Å². The number of halogens is 4. The zero-order valence-corrected chi connectivity index (χ0v) is 15.8. The van der Waals surface area contributed by atoms with Crippen LogP contribution in [0.3, 0.4) is 0 Å². The highest BCUT2D eigenvalue weighted by molar-refractivity contribution is 6.30. The van der Waals surface area contributed by atoms with Gasteiger partial charge in [-0.3, -0.25) is 0 Å². The fourth-order valence-electron chi connectivity index (χ4n) is 2.64. The molecule has 0 saturated heterocycles. The average molecular weight is 407 g/mol. The van der Waals surface area contributed by atoms with Gasteiger partial charge in [0, 0.05) is 22.6 Å². The van der Waals surface area contributed by atoms with Crippen LogP contribution in [0.5, 0.6) is 0 Å². The maximum absolute atomic E-state index is 13.4. The molecule has 28 heavy (non-hydrogen) atoms. The van der Waals surface area contributed by atoms with Crippen molar-refractivity contribution in [1.82, 2.24) is 9.97 Å². The van der Waals surface area contributed by atoms with Crippen LogP contribution in [0.1, 0.15) is 24.5 Å². The SMILES string of the molecule is CCCc1cccc(Nc2nc(Nc3ccc(Cl)cc3)ncc2C(F)(F)F)c1. The highest BCUT2D eigenvalue weighted by atomic mass is 35.5. The fourth-order valence-corrected chi connectivity index (χ4v) is 2.76. The Kier molecular flexibility index (Phi) is 6.04. The number of alkyl halides is 3. The minimum absolute atomic E-state index is 0.0440. The smallest absolute Gasteiger partial charge is 0.340 e. The van der Waals surface area contributed by atoms with E-state index in [1.807, 2.05) is 19.1 Å². The van der Waals surface area contributed by atoms with E-state index in [9.17, 15) is 13.2 Å². The minimum atomic E-state index is -4.58. The first-order chi connectivity index (χ1) is 13.3. The van der Waals surface area contributed by atoms with Crippen LogP contribution >= 0.6 is 11.6 Å². The Hall–Kier alpha value is -2.80. The predicted octanol–water partition coefficient (Wildman–Crippen LogP) is 6.59. The van der Waals surface area contributed by atoms with Gasteiger partial charge >= 0.3 is 6.18 Å². The largest absolute Gasteiger partial charge is 0.421 e. The molecule has 0 fully saturated rings. The Morgan fingerprint density at radius 2 is 1.75 bits per heavy atom. The summed E-state index contributed by atoms with van der Waals surface area (Å²) in [6.07, 6.45) is -2.03. The lowest BCUT2D eigenvalue weighted by atomic mass is 10.1. The van der Waals surface area contributed by atoms with Gasteiger partial charge in [0.05, 0.1) is 0 Å². The van der Waals surface area contributed by atoms with E-state index < -0.39 is 11.7 Å². The van der Waals surface area contributed by atoms with Gasteiger partial charge < -0.3 is 10.6 Å². The predicted molar refractivity (Wildman–Crippen MR) is 105 cm³/mol. The van der Waals surface area contributed by atoms with Crippen LogP contribution in [-0.4, -0.2) is 9.97 Å². The van der Waals surface area contributed by atoms with Gasteiger partial charge in [0.2, 0.25) is 5.95 Å². The summed E-state index contributed by atoms with van der Waals surface area (Å²) in [5.74, 6) is -0.268. The molecule has 3 aromatic rings. The van der Waals surface area contributed by atoms with E-state index in [1.54, 1.807) is 36.4 Å². The molecular weight excluding hydrogens is 389 g/mol. The van der Waals surface area contributed by atoms with Gasteiger partial charge in [-0.25, -0.2) is 4.98 Å². The number of nitrogens with zero attached hydrogens (tertiary/aromatic N) is 2. The Labute approximate surface area is 165 Å². The van der Waals surface area contributed by atoms with Crippen molar-refractivity contribution in [2.24, 2.45) is 0 Å². The molecule has 146 valence electrons. The zero-order chi connectivity index (χ0) is 20.1. The maximum Gasteiger partial charge on any atom is 0.421 e. The van der Waals surface area contributed by atoms with Crippen molar-refractivity contribution in [3.63, 3.8) is 0 Å². The number of hydrogen-bond donors (Lipinski definition) is 2. The van der Waals surface area contributed by atoms with Gasteiger partial charge in [0.25, 0.3) is 0 Å². The van der Waals surface area contributed by atoms with Crippen molar-refractivity contribution in [3.05, 3.63) is 70.9 Å². The third-order valence-corrected chi connectivity index (χ3v) is 4.17. The van der Waals surface area contributed by atoms with Gasteiger partial charge in [-0.1, -0.05) is 37.1 Å². The van der Waals surface area contributed by atoms with Crippen molar-refractivity contribution in [1.29, 1.82) is 0 Å². The van der Waals surface area contributed by atoms with Crippen LogP contribution in [0.25, 0.3) is 0 Å². The lowest BCUT2D eigenvalue weighted by Gasteiger charge is -2.15. The molecule has 0 saturated carbocycles. The summed E-state index contributed by atoms with van der Waals surface area (Å²) < 4.78 is 40.2. The maximum atomic E-state index is 13.4. The lowest BCUT2D eigenvalue weighted by Crippen LogP contribution is -2.12. The molecule has 0 bridgehead atoms. The Bertz CT molecular complexity index is 943. The summed E-state index contributed by atoms with van der Waals surface area (Å²) in [7, 11) is 0. The van der Waals surface area contributed by atoms with Gasteiger partial charge in [-0.2, -0.15) is 18.2 Å². The van der Waals surface area contributed by atoms with Gasteiger partial charge in [0.15, 0.2) is 0 Å². The van der Waals surface area contributed by atoms with Gasteiger partial charge in [0.1, 0.15) is 11.4 Å². The minimum Gasteiger partial charge on any atom is -0.340 e. The van der Waals surface area contributed by atoms with E-state index in [0.29, 0.717) is 16.4 Å². The number of hydrogen-bond acceptors (Lipinski definition) is 4. The second kappa shape index (κ2) is 8.48. The van der Waals surface area contributed by atoms with E-state index in [0.717, 1.165) is 24.6 Å². The Morgan fingerprint density at radius 3 is 2.43 bits per heavy atom. The molecule has 2 aromatic carbocycles. The summed E-state index contributed by atoms with van der Waals surface area (Å²) in [5.41, 5.74) is 1.25. The second-order valence-corrected chi connectivity index (χ2v) is 6.60. The standard InChI is InChI=1S/C20H18ClF3N4/c1-2-4-13-5-3-6-16(11-13)26-18-17(20(22,23)24)12-25-19(28-18)27-15-9-7-14(21)8-10-15/h3,5-12H,2,4H2,1H3,(H2,25,26,27,28). The molecule has 0 aliphatic rings. The molecule has 1 heterocycles. The van der Waals surface area contributed by atoms with E-state index in [2.05, 4.69) is 20.6 Å². The number of nitrogens with one attached hydrogen (secondary N) is 2. The summed E-state index contributed by atoms with van der Waals surface area (Å²) in [6, 6.07) is 13.9. The molecule has 0 unspecified atom stereocenters. The molecule has 0 aliphatic carbocycles. The number of rotatable bonds is 6. The first-order valence-electron chi connectivity index (χ1n) is 8.68. The van der Waals surface area contributed by atoms with Crippen molar-refractivity contribution in [2.75, 3.05) is 10.6 Å². The van der Waals surface area contributed by atoms with Crippen molar-refractivity contribution in [2.45, 2.75) is 25.9 Å². The number of benzene rings is 2. The Morgan fingerprint density at radius 1 is 1.00 bits per heavy atom. The first-order valence-corrected chi connectivity index (χ1v) is 9.05. The third-order valence-electron chi connectivity index (χ3n) is 3.92. The summed E-state index contributed by atoms with van der Waals surface area (Å²) in [4.78, 5) is 7.84. The molecule has 8 heteroatoms. The highest BCUT2D eigenvalue weighted by Crippen LogP contribution is 2.35. The van der Waals surface area contributed by atoms with Crippen LogP contribution in [0.4, 0.5) is 36.3 Å². The number of anilines is 4.